The number of nitrogens with zero attached hydrogens (tertiary/aromatic N) is 1. The van der Waals surface area contributed by atoms with E-state index in [0.717, 1.165) is 12.8 Å². The SMILES string of the molecule is CC(C)(C)OC(=O)N1C2CC(C2)C1C(=O)[O-]. The van der Waals surface area contributed by atoms with Gasteiger partial charge in [-0.15, -0.1) is 0 Å². The maximum absolute atomic E-state index is 11.8. The van der Waals surface area contributed by atoms with Crippen molar-refractivity contribution in [2.75, 3.05) is 0 Å². The fourth-order valence-corrected chi connectivity index (χ4v) is 2.45. The number of amides is 1. The third-order valence-corrected chi connectivity index (χ3v) is 3.14. The highest BCUT2D eigenvalue weighted by molar-refractivity contribution is 5.81. The zero-order chi connectivity index (χ0) is 12.1. The van der Waals surface area contributed by atoms with Crippen LogP contribution in [-0.4, -0.2) is 34.6 Å². The Hall–Kier alpha value is -1.26. The lowest BCUT2D eigenvalue weighted by molar-refractivity contribution is -0.310. The van der Waals surface area contributed by atoms with Crippen molar-refractivity contribution in [2.45, 2.75) is 51.3 Å². The number of rotatable bonds is 1. The van der Waals surface area contributed by atoms with E-state index < -0.39 is 23.7 Å². The molecule has 2 heterocycles. The van der Waals surface area contributed by atoms with Crippen molar-refractivity contribution in [1.29, 1.82) is 0 Å². The van der Waals surface area contributed by atoms with Crippen molar-refractivity contribution in [2.24, 2.45) is 5.92 Å². The van der Waals surface area contributed by atoms with Crippen LogP contribution in [0.5, 0.6) is 0 Å². The lowest BCUT2D eigenvalue weighted by Crippen LogP contribution is -2.48. The smallest absolute Gasteiger partial charge is 0.411 e. The molecule has 16 heavy (non-hydrogen) atoms. The Labute approximate surface area is 94.4 Å². The summed E-state index contributed by atoms with van der Waals surface area (Å²) in [5, 5.41) is 11.0. The summed E-state index contributed by atoms with van der Waals surface area (Å²) in [7, 11) is 0. The third kappa shape index (κ3) is 1.74. The molecule has 1 atom stereocenters. The molecule has 3 rings (SSSR count). The average Bonchev–Trinajstić information content (AvgIpc) is 2.50. The van der Waals surface area contributed by atoms with Crippen molar-refractivity contribution in [1.82, 2.24) is 4.90 Å². The van der Waals surface area contributed by atoms with Gasteiger partial charge in [-0.3, -0.25) is 4.90 Å². The molecule has 3 aliphatic rings. The molecule has 1 aliphatic carbocycles. The molecule has 2 bridgehead atoms. The topological polar surface area (TPSA) is 69.7 Å². The molecular formula is C11H16NO4-. The van der Waals surface area contributed by atoms with Gasteiger partial charge in [0.15, 0.2) is 0 Å². The molecule has 2 aliphatic heterocycles. The van der Waals surface area contributed by atoms with Gasteiger partial charge in [0.05, 0.1) is 12.0 Å². The Bertz CT molecular complexity index is 327. The van der Waals surface area contributed by atoms with Crippen molar-refractivity contribution < 1.29 is 19.4 Å². The zero-order valence-corrected chi connectivity index (χ0v) is 9.73. The van der Waals surface area contributed by atoms with E-state index in [-0.39, 0.29) is 12.0 Å². The molecule has 1 saturated carbocycles. The summed E-state index contributed by atoms with van der Waals surface area (Å²) in [5.41, 5.74) is -0.597. The molecule has 5 heteroatoms. The van der Waals surface area contributed by atoms with E-state index >= 15 is 0 Å². The van der Waals surface area contributed by atoms with Gasteiger partial charge in [0.1, 0.15) is 5.60 Å². The molecule has 0 N–H and O–H groups in total. The minimum atomic E-state index is -1.17. The molecule has 3 fully saturated rings. The number of aliphatic carboxylic acids is 1. The van der Waals surface area contributed by atoms with Crippen LogP contribution < -0.4 is 5.11 Å². The van der Waals surface area contributed by atoms with Crippen molar-refractivity contribution in [3.05, 3.63) is 0 Å². The Balaban J connectivity index is 2.09. The van der Waals surface area contributed by atoms with Gasteiger partial charge < -0.3 is 14.6 Å². The van der Waals surface area contributed by atoms with Crippen LogP contribution in [0.25, 0.3) is 0 Å². The van der Waals surface area contributed by atoms with Crippen LogP contribution >= 0.6 is 0 Å². The van der Waals surface area contributed by atoms with E-state index in [1.807, 2.05) is 0 Å². The summed E-state index contributed by atoms with van der Waals surface area (Å²) in [6.07, 6.45) is 0.988. The molecular weight excluding hydrogens is 210 g/mol. The Morgan fingerprint density at radius 2 is 1.88 bits per heavy atom. The molecule has 1 amide bonds. The monoisotopic (exact) mass is 226 g/mol. The van der Waals surface area contributed by atoms with E-state index in [9.17, 15) is 14.7 Å². The number of hydrogen-bond donors (Lipinski definition) is 0. The number of carboxylic acid groups (broad SMARTS) is 1. The summed E-state index contributed by atoms with van der Waals surface area (Å²) in [6.45, 7) is 5.29. The van der Waals surface area contributed by atoms with Crippen LogP contribution in [0.15, 0.2) is 0 Å². The summed E-state index contributed by atoms with van der Waals surface area (Å²) in [4.78, 5) is 24.1. The van der Waals surface area contributed by atoms with Gasteiger partial charge in [-0.05, 0) is 39.5 Å². The van der Waals surface area contributed by atoms with E-state index in [4.69, 9.17) is 4.74 Å². The molecule has 1 unspecified atom stereocenters. The number of ether oxygens (including phenoxy) is 1. The quantitative estimate of drug-likeness (QED) is 0.637. The minimum Gasteiger partial charge on any atom is -0.548 e. The predicted octanol–water partition coefficient (Wildman–Crippen LogP) is 0.134. The third-order valence-electron chi connectivity index (χ3n) is 3.14. The highest BCUT2D eigenvalue weighted by atomic mass is 16.6. The van der Waals surface area contributed by atoms with Crippen LogP contribution in [0.4, 0.5) is 4.79 Å². The normalized spacial score (nSPS) is 32.2. The highest BCUT2D eigenvalue weighted by Crippen LogP contribution is 2.46. The zero-order valence-electron chi connectivity index (χ0n) is 9.73. The van der Waals surface area contributed by atoms with Crippen molar-refractivity contribution in [3.63, 3.8) is 0 Å². The molecule has 90 valence electrons. The molecule has 0 aromatic heterocycles. The largest absolute Gasteiger partial charge is 0.548 e. The fraction of sp³-hybridized carbons (Fsp3) is 0.818. The maximum atomic E-state index is 11.8. The highest BCUT2D eigenvalue weighted by Gasteiger charge is 2.54. The lowest BCUT2D eigenvalue weighted by atomic mass is 9.83. The lowest BCUT2D eigenvalue weighted by Gasteiger charge is -2.29. The van der Waals surface area contributed by atoms with E-state index in [0.29, 0.717) is 0 Å². The van der Waals surface area contributed by atoms with Crippen LogP contribution in [0, 0.1) is 5.92 Å². The summed E-state index contributed by atoms with van der Waals surface area (Å²) < 4.78 is 5.20. The van der Waals surface area contributed by atoms with Crippen LogP contribution in [0.2, 0.25) is 0 Å². The fourth-order valence-electron chi connectivity index (χ4n) is 2.45. The molecule has 0 radical (unpaired) electrons. The molecule has 5 nitrogen and oxygen atoms in total. The van der Waals surface area contributed by atoms with Crippen molar-refractivity contribution in [3.8, 4) is 0 Å². The van der Waals surface area contributed by atoms with E-state index in [2.05, 4.69) is 0 Å². The van der Waals surface area contributed by atoms with Crippen molar-refractivity contribution >= 4 is 12.1 Å². The maximum Gasteiger partial charge on any atom is 0.411 e. The Morgan fingerprint density at radius 3 is 2.31 bits per heavy atom. The Morgan fingerprint density at radius 1 is 1.31 bits per heavy atom. The first-order valence-corrected chi connectivity index (χ1v) is 5.52. The van der Waals surface area contributed by atoms with Gasteiger partial charge in [-0.1, -0.05) is 0 Å². The van der Waals surface area contributed by atoms with E-state index in [1.165, 1.54) is 4.90 Å². The van der Waals surface area contributed by atoms with Gasteiger partial charge in [0, 0.05) is 6.04 Å². The predicted molar refractivity (Wildman–Crippen MR) is 53.4 cm³/mol. The second kappa shape index (κ2) is 3.37. The molecule has 0 spiro atoms. The average molecular weight is 226 g/mol. The molecule has 0 aromatic rings. The van der Waals surface area contributed by atoms with E-state index in [1.54, 1.807) is 20.8 Å². The first kappa shape index (κ1) is 11.2. The van der Waals surface area contributed by atoms with Gasteiger partial charge in [0.2, 0.25) is 0 Å². The van der Waals surface area contributed by atoms with Gasteiger partial charge in [-0.2, -0.15) is 0 Å². The van der Waals surface area contributed by atoms with Gasteiger partial charge in [-0.25, -0.2) is 4.79 Å². The van der Waals surface area contributed by atoms with Crippen LogP contribution in [0.3, 0.4) is 0 Å². The van der Waals surface area contributed by atoms with Crippen LogP contribution in [-0.2, 0) is 9.53 Å². The number of carbonyl (C=O) groups is 2. The number of hydrogen-bond acceptors (Lipinski definition) is 4. The second-order valence-electron chi connectivity index (χ2n) is 5.54. The van der Waals surface area contributed by atoms with Gasteiger partial charge >= 0.3 is 6.09 Å². The first-order chi connectivity index (χ1) is 7.29. The molecule has 0 aromatic carbocycles. The molecule has 2 saturated heterocycles. The second-order valence-corrected chi connectivity index (χ2v) is 5.54. The number of carboxylic acids is 1. The van der Waals surface area contributed by atoms with Crippen LogP contribution in [0.1, 0.15) is 33.6 Å². The summed E-state index contributed by atoms with van der Waals surface area (Å²) in [5.74, 6) is -1.11. The Kier molecular flexibility index (Phi) is 2.36. The minimum absolute atomic E-state index is 0.0303. The standard InChI is InChI=1S/C11H17NO4/c1-11(2,3)16-10(15)12-7-4-6(5-7)8(12)9(13)14/h6-8H,4-5H2,1-3H3,(H,13,14)/p-1. The first-order valence-electron chi connectivity index (χ1n) is 5.52. The number of fused-ring (bicyclic) bond motifs is 1. The van der Waals surface area contributed by atoms with Gasteiger partial charge in [0.25, 0.3) is 0 Å². The summed E-state index contributed by atoms with van der Waals surface area (Å²) in [6, 6.07) is -0.761. The summed E-state index contributed by atoms with van der Waals surface area (Å²) >= 11 is 0. The number of carbonyl (C=O) groups excluding carboxylic acids is 2.